The average molecular weight is 290 g/mol. The van der Waals surface area contributed by atoms with Crippen LogP contribution in [0, 0.1) is 6.92 Å². The van der Waals surface area contributed by atoms with Gasteiger partial charge in [-0.25, -0.2) is 13.2 Å². The second-order valence-corrected chi connectivity index (χ2v) is 5.81. The van der Waals surface area contributed by atoms with Crippen molar-refractivity contribution >= 4 is 21.7 Å². The Balaban J connectivity index is 2.26. The first kappa shape index (κ1) is 14.1. The molecule has 1 radical (unpaired) electrons. The second kappa shape index (κ2) is 5.34. The van der Waals surface area contributed by atoms with Crippen LogP contribution < -0.4 is 4.72 Å². The van der Waals surface area contributed by atoms with E-state index >= 15 is 0 Å². The second-order valence-electron chi connectivity index (χ2n) is 4.13. The number of nitrogens with one attached hydrogen (secondary N) is 1. The lowest BCUT2D eigenvalue weighted by molar-refractivity contribution is 0.0697. The van der Waals surface area contributed by atoms with Crippen LogP contribution in [0.4, 0.5) is 5.69 Å². The maximum Gasteiger partial charge on any atom is 0.335 e. The van der Waals surface area contributed by atoms with Crippen LogP contribution in [0.5, 0.6) is 0 Å². The lowest BCUT2D eigenvalue weighted by Crippen LogP contribution is -2.13. The molecule has 0 aliphatic rings. The molecule has 20 heavy (non-hydrogen) atoms. The van der Waals surface area contributed by atoms with Crippen LogP contribution >= 0.6 is 0 Å². The van der Waals surface area contributed by atoms with Gasteiger partial charge in [0.05, 0.1) is 10.5 Å². The number of benzene rings is 2. The van der Waals surface area contributed by atoms with Crippen LogP contribution in [0.3, 0.4) is 0 Å². The molecule has 0 bridgehead atoms. The zero-order valence-electron chi connectivity index (χ0n) is 10.4. The minimum atomic E-state index is -3.73. The van der Waals surface area contributed by atoms with Gasteiger partial charge in [0.2, 0.25) is 0 Å². The van der Waals surface area contributed by atoms with Gasteiger partial charge in [-0.2, -0.15) is 0 Å². The van der Waals surface area contributed by atoms with E-state index < -0.39 is 16.0 Å². The summed E-state index contributed by atoms with van der Waals surface area (Å²) in [6.07, 6.45) is 0. The first-order valence-electron chi connectivity index (χ1n) is 5.67. The minimum Gasteiger partial charge on any atom is -0.478 e. The maximum atomic E-state index is 12.1. The summed E-state index contributed by atoms with van der Waals surface area (Å²) in [5.74, 6) is -1.10. The van der Waals surface area contributed by atoms with E-state index in [4.69, 9.17) is 5.11 Å². The van der Waals surface area contributed by atoms with Crippen LogP contribution in [0.15, 0.2) is 53.4 Å². The highest BCUT2D eigenvalue weighted by atomic mass is 32.2. The number of aromatic carboxylic acids is 1. The molecular formula is C14H12NO4S. The van der Waals surface area contributed by atoms with E-state index in [-0.39, 0.29) is 10.5 Å². The van der Waals surface area contributed by atoms with E-state index in [0.29, 0.717) is 5.69 Å². The molecule has 0 aliphatic heterocycles. The fraction of sp³-hybridized carbons (Fsp3) is 0. The van der Waals surface area contributed by atoms with Crippen LogP contribution in [0.1, 0.15) is 15.9 Å². The number of sulfonamides is 1. The smallest absolute Gasteiger partial charge is 0.335 e. The SMILES string of the molecule is [CH2]c1ccc(NS(=O)(=O)c2ccc(C(=O)O)cc2)cc1. The molecule has 0 saturated heterocycles. The van der Waals surface area contributed by atoms with Crippen molar-refractivity contribution in [1.82, 2.24) is 0 Å². The molecule has 103 valence electrons. The fourth-order valence-electron chi connectivity index (χ4n) is 1.56. The molecule has 5 nitrogen and oxygen atoms in total. The molecule has 0 unspecified atom stereocenters. The standard InChI is InChI=1S/C14H12NO4S/c1-10-2-6-12(7-3-10)15-20(18,19)13-8-4-11(5-9-13)14(16)17/h2-9,15H,1H2,(H,16,17). The van der Waals surface area contributed by atoms with Crippen molar-refractivity contribution in [2.24, 2.45) is 0 Å². The van der Waals surface area contributed by atoms with Crippen molar-refractivity contribution in [2.45, 2.75) is 4.90 Å². The van der Waals surface area contributed by atoms with Gasteiger partial charge in [-0.1, -0.05) is 12.1 Å². The summed E-state index contributed by atoms with van der Waals surface area (Å²) >= 11 is 0. The molecule has 0 aliphatic carbocycles. The third-order valence-corrected chi connectivity index (χ3v) is 4.01. The fourth-order valence-corrected chi connectivity index (χ4v) is 2.62. The first-order valence-corrected chi connectivity index (χ1v) is 7.15. The van der Waals surface area contributed by atoms with Crippen molar-refractivity contribution in [1.29, 1.82) is 0 Å². The topological polar surface area (TPSA) is 83.5 Å². The predicted molar refractivity (Wildman–Crippen MR) is 75.1 cm³/mol. The van der Waals surface area contributed by atoms with Crippen molar-refractivity contribution in [3.63, 3.8) is 0 Å². The molecule has 0 atom stereocenters. The Morgan fingerprint density at radius 2 is 1.55 bits per heavy atom. The third-order valence-electron chi connectivity index (χ3n) is 2.62. The molecule has 0 fully saturated rings. The molecule has 0 heterocycles. The Kier molecular flexibility index (Phi) is 3.76. The molecule has 2 rings (SSSR count). The Bertz CT molecular complexity index is 719. The van der Waals surface area contributed by atoms with Crippen LogP contribution in [0.2, 0.25) is 0 Å². The van der Waals surface area contributed by atoms with Gasteiger partial charge < -0.3 is 5.11 Å². The first-order chi connectivity index (χ1) is 9.38. The van der Waals surface area contributed by atoms with E-state index in [1.54, 1.807) is 24.3 Å². The van der Waals surface area contributed by atoms with Gasteiger partial charge in [0.25, 0.3) is 10.0 Å². The molecule has 6 heteroatoms. The molecule has 2 aromatic rings. The average Bonchev–Trinajstić information content (AvgIpc) is 2.41. The number of rotatable bonds is 4. The molecular weight excluding hydrogens is 278 g/mol. The van der Waals surface area contributed by atoms with Crippen molar-refractivity contribution in [3.05, 3.63) is 66.6 Å². The predicted octanol–water partition coefficient (Wildman–Crippen LogP) is 2.37. The Labute approximate surface area is 116 Å². The molecule has 0 spiro atoms. The highest BCUT2D eigenvalue weighted by Gasteiger charge is 2.14. The summed E-state index contributed by atoms with van der Waals surface area (Å²) in [7, 11) is -3.73. The normalized spacial score (nSPS) is 11.1. The number of hydrogen-bond acceptors (Lipinski definition) is 3. The number of hydrogen-bond donors (Lipinski definition) is 2. The number of carboxylic acids is 1. The highest BCUT2D eigenvalue weighted by molar-refractivity contribution is 7.92. The lowest BCUT2D eigenvalue weighted by atomic mass is 10.2. The van der Waals surface area contributed by atoms with Gasteiger partial charge in [0.1, 0.15) is 0 Å². The van der Waals surface area contributed by atoms with Gasteiger partial charge in [-0.3, -0.25) is 4.72 Å². The van der Waals surface area contributed by atoms with Crippen LogP contribution in [-0.4, -0.2) is 19.5 Å². The highest BCUT2D eigenvalue weighted by Crippen LogP contribution is 2.17. The minimum absolute atomic E-state index is 0.00111. The van der Waals surface area contributed by atoms with E-state index in [9.17, 15) is 13.2 Å². The van der Waals surface area contributed by atoms with E-state index in [0.717, 1.165) is 5.56 Å². The van der Waals surface area contributed by atoms with Crippen molar-refractivity contribution < 1.29 is 18.3 Å². The largest absolute Gasteiger partial charge is 0.478 e. The molecule has 0 saturated carbocycles. The molecule has 0 aromatic heterocycles. The van der Waals surface area contributed by atoms with Crippen LogP contribution in [0.25, 0.3) is 0 Å². The number of carbonyl (C=O) groups is 1. The third kappa shape index (κ3) is 3.16. The molecule has 2 N–H and O–H groups in total. The van der Waals surface area contributed by atoms with Gasteiger partial charge in [0.15, 0.2) is 0 Å². The summed E-state index contributed by atoms with van der Waals surface area (Å²) in [5, 5.41) is 8.77. The summed E-state index contributed by atoms with van der Waals surface area (Å²) < 4.78 is 26.6. The van der Waals surface area contributed by atoms with Crippen molar-refractivity contribution in [3.8, 4) is 0 Å². The zero-order valence-corrected chi connectivity index (χ0v) is 11.2. The summed E-state index contributed by atoms with van der Waals surface area (Å²) in [4.78, 5) is 10.7. The summed E-state index contributed by atoms with van der Waals surface area (Å²) in [5.41, 5.74) is 1.23. The van der Waals surface area contributed by atoms with Gasteiger partial charge in [-0.15, -0.1) is 0 Å². The monoisotopic (exact) mass is 290 g/mol. The zero-order chi connectivity index (χ0) is 14.8. The van der Waals surface area contributed by atoms with E-state index in [2.05, 4.69) is 11.6 Å². The van der Waals surface area contributed by atoms with E-state index in [1.165, 1.54) is 24.3 Å². The van der Waals surface area contributed by atoms with E-state index in [1.807, 2.05) is 0 Å². The molecule has 0 amide bonds. The van der Waals surface area contributed by atoms with Gasteiger partial charge >= 0.3 is 5.97 Å². The summed E-state index contributed by atoms with van der Waals surface area (Å²) in [6.45, 7) is 3.71. The Hall–Kier alpha value is -2.34. The number of anilines is 1. The van der Waals surface area contributed by atoms with Gasteiger partial charge in [-0.05, 0) is 48.9 Å². The lowest BCUT2D eigenvalue weighted by Gasteiger charge is -2.08. The quantitative estimate of drug-likeness (QED) is 0.905. The maximum absolute atomic E-state index is 12.1. The number of carboxylic acid groups (broad SMARTS) is 1. The summed E-state index contributed by atoms with van der Waals surface area (Å²) in [6, 6.07) is 11.6. The van der Waals surface area contributed by atoms with Crippen molar-refractivity contribution in [2.75, 3.05) is 4.72 Å². The Morgan fingerprint density at radius 3 is 2.05 bits per heavy atom. The van der Waals surface area contributed by atoms with Gasteiger partial charge in [0, 0.05) is 5.69 Å². The van der Waals surface area contributed by atoms with Crippen LogP contribution in [-0.2, 0) is 10.0 Å². The molecule has 2 aromatic carbocycles. The Morgan fingerprint density at radius 1 is 1.00 bits per heavy atom.